The molecule has 0 unspecified atom stereocenters. The summed E-state index contributed by atoms with van der Waals surface area (Å²) in [5.74, 6) is 0.950. The number of nitrogens with zero attached hydrogens (tertiary/aromatic N) is 2. The van der Waals surface area contributed by atoms with E-state index in [0.29, 0.717) is 0 Å². The lowest BCUT2D eigenvalue weighted by atomic mass is 9.59. The van der Waals surface area contributed by atoms with Gasteiger partial charge < -0.3 is 0 Å². The number of imidazole rings is 1. The summed E-state index contributed by atoms with van der Waals surface area (Å²) in [6, 6.07) is 44.6. The zero-order chi connectivity index (χ0) is 40.4. The maximum atomic E-state index is 5.14. The minimum Gasteiger partial charge on any atom is -0.292 e. The molecule has 1 aliphatic rings. The van der Waals surface area contributed by atoms with Gasteiger partial charge in [0.25, 0.3) is 0 Å². The highest BCUT2D eigenvalue weighted by atomic mass is 15.1. The van der Waals surface area contributed by atoms with Gasteiger partial charge in [-0.05, 0) is 96.4 Å². The molecule has 0 radical (unpaired) electrons. The third kappa shape index (κ3) is 5.06. The molecule has 0 saturated carbocycles. The van der Waals surface area contributed by atoms with Gasteiger partial charge in [0.1, 0.15) is 68.6 Å². The molecular formula is C48H42B8N2. The van der Waals surface area contributed by atoms with Gasteiger partial charge in [-0.15, -0.1) is 21.9 Å². The van der Waals surface area contributed by atoms with E-state index in [-0.39, 0.29) is 5.41 Å². The molecule has 1 aliphatic carbocycles. The molecule has 0 saturated heterocycles. The number of hydrogen-bond donors (Lipinski definition) is 0. The van der Waals surface area contributed by atoms with Crippen molar-refractivity contribution < 1.29 is 0 Å². The second kappa shape index (κ2) is 13.1. The summed E-state index contributed by atoms with van der Waals surface area (Å²) in [7, 11) is 18.7. The minimum absolute atomic E-state index is 0.0922. The molecule has 0 aliphatic heterocycles. The molecule has 0 spiro atoms. The van der Waals surface area contributed by atoms with Gasteiger partial charge in [0.05, 0.1) is 11.0 Å². The van der Waals surface area contributed by atoms with Gasteiger partial charge in [-0.3, -0.25) is 4.57 Å². The number of fused-ring (bicyclic) bond motifs is 6. The Morgan fingerprint density at radius 1 is 0.431 bits per heavy atom. The van der Waals surface area contributed by atoms with Crippen LogP contribution in [0.3, 0.4) is 0 Å². The fourth-order valence-electron chi connectivity index (χ4n) is 10.4. The van der Waals surface area contributed by atoms with Crippen molar-refractivity contribution in [3.63, 3.8) is 0 Å². The van der Waals surface area contributed by atoms with Gasteiger partial charge in [-0.2, -0.15) is 0 Å². The Morgan fingerprint density at radius 2 is 0.914 bits per heavy atom. The summed E-state index contributed by atoms with van der Waals surface area (Å²) >= 11 is 0. The average Bonchev–Trinajstić information content (AvgIpc) is 3.75. The number of rotatable bonds is 4. The summed E-state index contributed by atoms with van der Waals surface area (Å²) < 4.78 is 2.31. The van der Waals surface area contributed by atoms with Crippen LogP contribution < -0.4 is 43.7 Å². The third-order valence-corrected chi connectivity index (χ3v) is 14.3. The van der Waals surface area contributed by atoms with Crippen molar-refractivity contribution in [3.8, 4) is 50.5 Å². The average molecular weight is 733 g/mol. The van der Waals surface area contributed by atoms with E-state index in [0.717, 1.165) is 28.1 Å². The Hall–Kier alpha value is -5.73. The fraction of sp³-hybridized carbons (Fsp3) is 0.0625. The maximum absolute atomic E-state index is 5.14. The second-order valence-electron chi connectivity index (χ2n) is 17.4. The predicted octanol–water partition coefficient (Wildman–Crippen LogP) is -1.29. The first-order chi connectivity index (χ1) is 27.9. The topological polar surface area (TPSA) is 17.8 Å². The summed E-state index contributed by atoms with van der Waals surface area (Å²) in [6.07, 6.45) is 0. The molecule has 58 heavy (non-hydrogen) atoms. The predicted molar refractivity (Wildman–Crippen MR) is 275 cm³/mol. The Kier molecular flexibility index (Phi) is 8.30. The lowest BCUT2D eigenvalue weighted by molar-refractivity contribution is 0.660. The van der Waals surface area contributed by atoms with E-state index < -0.39 is 0 Å². The molecular weight excluding hydrogens is 691 g/mol. The first-order valence-electron chi connectivity index (χ1n) is 20.7. The van der Waals surface area contributed by atoms with Crippen LogP contribution in [0.4, 0.5) is 0 Å². The number of para-hydroxylation sites is 2. The van der Waals surface area contributed by atoms with Crippen LogP contribution in [0.2, 0.25) is 0 Å². The van der Waals surface area contributed by atoms with Crippen molar-refractivity contribution in [1.29, 1.82) is 0 Å². The van der Waals surface area contributed by atoms with Crippen LogP contribution in [0, 0.1) is 0 Å². The van der Waals surface area contributed by atoms with Crippen LogP contribution in [0.1, 0.15) is 25.0 Å². The smallest absolute Gasteiger partial charge is 0.145 e. The molecule has 8 aromatic carbocycles. The molecule has 10 heteroatoms. The maximum Gasteiger partial charge on any atom is 0.145 e. The second-order valence-corrected chi connectivity index (χ2v) is 17.4. The van der Waals surface area contributed by atoms with Crippen LogP contribution >= 0.6 is 0 Å². The lowest BCUT2D eigenvalue weighted by Gasteiger charge is -2.29. The molecule has 268 valence electrons. The Bertz CT molecular complexity index is 3140. The molecule has 2 nitrogen and oxygen atoms in total. The molecule has 0 bridgehead atoms. The summed E-state index contributed by atoms with van der Waals surface area (Å²) in [4.78, 5) is 5.14. The monoisotopic (exact) mass is 734 g/mol. The Morgan fingerprint density at radius 3 is 1.52 bits per heavy atom. The van der Waals surface area contributed by atoms with E-state index in [1.165, 1.54) is 110 Å². The van der Waals surface area contributed by atoms with E-state index >= 15 is 0 Å². The van der Waals surface area contributed by atoms with Gasteiger partial charge >= 0.3 is 0 Å². The SMILES string of the molecule is Bc1c(B)c(B)c2c(-c3ccc4c(c3)C(C)(C)c3ccccc3-4)c3c(B)c(B)c(B)c(B)c3c(-c3ccc(-n4c(-c5ccccc5)nc5ccccc54)cc3)c2c1B. The molecule has 10 rings (SSSR count). The standard InChI is InChI=1S/C48H42B8N2/c1-48(2)29-13-7-6-12-27(29)28-21-18-25(22-30(28)48)34-37-35(39(49)43(53)45(55)41(37)51)33(36-38(34)42(52)46(56)44(54)40(36)50)23-16-19-26(20-17-23)58-32-15-9-8-14-31(32)57-47(58)24-10-4-3-5-11-24/h3-22H,49-56H2,1-2H3. The van der Waals surface area contributed by atoms with Gasteiger partial charge in [-0.1, -0.05) is 127 Å². The quantitative estimate of drug-likeness (QED) is 0.163. The summed E-state index contributed by atoms with van der Waals surface area (Å²) in [5.41, 5.74) is 25.9. The van der Waals surface area contributed by atoms with Crippen molar-refractivity contribution in [1.82, 2.24) is 9.55 Å². The van der Waals surface area contributed by atoms with Crippen LogP contribution in [-0.2, 0) is 5.41 Å². The molecule has 0 N–H and O–H groups in total. The van der Waals surface area contributed by atoms with Crippen LogP contribution in [0.5, 0.6) is 0 Å². The molecule has 0 fully saturated rings. The Labute approximate surface area is 349 Å². The largest absolute Gasteiger partial charge is 0.292 e. The minimum atomic E-state index is -0.0922. The number of hydrogen-bond acceptors (Lipinski definition) is 1. The van der Waals surface area contributed by atoms with E-state index in [9.17, 15) is 0 Å². The molecule has 0 amide bonds. The normalized spacial score (nSPS) is 13.0. The number of aromatic nitrogens is 2. The fourth-order valence-corrected chi connectivity index (χ4v) is 10.4. The van der Waals surface area contributed by atoms with Crippen molar-refractivity contribution in [3.05, 3.63) is 132 Å². The van der Waals surface area contributed by atoms with Crippen molar-refractivity contribution in [2.24, 2.45) is 0 Å². The third-order valence-electron chi connectivity index (χ3n) is 14.3. The van der Waals surface area contributed by atoms with E-state index in [1.54, 1.807) is 0 Å². The zero-order valence-electron chi connectivity index (χ0n) is 35.4. The number of benzene rings is 8. The first kappa shape index (κ1) is 36.6. The Balaban J connectivity index is 1.30. The molecule has 1 aromatic heterocycles. The van der Waals surface area contributed by atoms with E-state index in [4.69, 9.17) is 4.98 Å². The lowest BCUT2D eigenvalue weighted by Crippen LogP contribution is -2.50. The van der Waals surface area contributed by atoms with Crippen LogP contribution in [0.15, 0.2) is 121 Å². The first-order valence-corrected chi connectivity index (χ1v) is 20.7. The van der Waals surface area contributed by atoms with Gasteiger partial charge in [-0.25, -0.2) is 4.98 Å². The van der Waals surface area contributed by atoms with E-state index in [2.05, 4.69) is 203 Å². The molecule has 1 heterocycles. The van der Waals surface area contributed by atoms with Crippen LogP contribution in [0.25, 0.3) is 83.0 Å². The highest BCUT2D eigenvalue weighted by Gasteiger charge is 2.36. The van der Waals surface area contributed by atoms with E-state index in [1.807, 2.05) is 0 Å². The summed E-state index contributed by atoms with van der Waals surface area (Å²) in [6.45, 7) is 4.79. The van der Waals surface area contributed by atoms with Gasteiger partial charge in [0.2, 0.25) is 0 Å². The van der Waals surface area contributed by atoms with Crippen molar-refractivity contribution >= 4 is 139 Å². The zero-order valence-corrected chi connectivity index (χ0v) is 35.4. The highest BCUT2D eigenvalue weighted by Crippen LogP contribution is 2.50. The van der Waals surface area contributed by atoms with Crippen molar-refractivity contribution in [2.75, 3.05) is 0 Å². The molecule has 9 aromatic rings. The van der Waals surface area contributed by atoms with Crippen molar-refractivity contribution in [2.45, 2.75) is 19.3 Å². The highest BCUT2D eigenvalue weighted by molar-refractivity contribution is 6.71. The van der Waals surface area contributed by atoms with Gasteiger partial charge in [0, 0.05) is 16.7 Å². The van der Waals surface area contributed by atoms with Gasteiger partial charge in [0.15, 0.2) is 0 Å². The molecule has 0 atom stereocenters. The van der Waals surface area contributed by atoms with Crippen LogP contribution in [-0.4, -0.2) is 72.3 Å². The summed E-state index contributed by atoms with van der Waals surface area (Å²) in [5, 5.41) is 5.47.